The fourth-order valence-corrected chi connectivity index (χ4v) is 2.10. The molecule has 2 aromatic heterocycles. The van der Waals surface area contributed by atoms with Crippen LogP contribution in [0, 0.1) is 0 Å². The van der Waals surface area contributed by atoms with Gasteiger partial charge in [0, 0.05) is 30.5 Å². The van der Waals surface area contributed by atoms with Crippen molar-refractivity contribution in [1.82, 2.24) is 19.6 Å². The first kappa shape index (κ1) is 14.6. The Bertz CT molecular complexity index is 528. The molecule has 0 saturated heterocycles. The Labute approximate surface area is 121 Å². The van der Waals surface area contributed by atoms with E-state index >= 15 is 0 Å². The van der Waals surface area contributed by atoms with Gasteiger partial charge in [0.1, 0.15) is 5.82 Å². The van der Waals surface area contributed by atoms with E-state index in [1.807, 2.05) is 23.1 Å². The van der Waals surface area contributed by atoms with Crippen LogP contribution in [-0.2, 0) is 6.54 Å². The van der Waals surface area contributed by atoms with E-state index in [1.54, 1.807) is 0 Å². The van der Waals surface area contributed by atoms with Crippen LogP contribution >= 0.6 is 0 Å². The van der Waals surface area contributed by atoms with E-state index < -0.39 is 0 Å². The van der Waals surface area contributed by atoms with Gasteiger partial charge in [-0.3, -0.25) is 9.36 Å². The molecule has 1 N–H and O–H groups in total. The van der Waals surface area contributed by atoms with Crippen molar-refractivity contribution in [1.29, 1.82) is 0 Å². The van der Waals surface area contributed by atoms with E-state index in [0.29, 0.717) is 12.1 Å². The molecule has 2 heterocycles. The number of nitrogens with one attached hydrogen (secondary N) is 1. The van der Waals surface area contributed by atoms with E-state index in [-0.39, 0.29) is 0 Å². The summed E-state index contributed by atoms with van der Waals surface area (Å²) in [5.41, 5.74) is 1.19. The lowest BCUT2D eigenvalue weighted by atomic mass is 10.2. The van der Waals surface area contributed by atoms with Crippen molar-refractivity contribution in [3.8, 4) is 0 Å². The SMILES string of the molecule is CC[C@@H](C)n1ccc(NCc2ccnn2[C@H](C)CC)n1. The van der Waals surface area contributed by atoms with Gasteiger partial charge in [0.2, 0.25) is 0 Å². The summed E-state index contributed by atoms with van der Waals surface area (Å²) in [6, 6.07) is 4.96. The van der Waals surface area contributed by atoms with Gasteiger partial charge in [-0.2, -0.15) is 10.2 Å². The summed E-state index contributed by atoms with van der Waals surface area (Å²) in [7, 11) is 0. The molecule has 0 saturated carbocycles. The third-order valence-electron chi connectivity index (χ3n) is 3.86. The van der Waals surface area contributed by atoms with Gasteiger partial charge in [-0.1, -0.05) is 13.8 Å². The molecule has 2 aromatic rings. The van der Waals surface area contributed by atoms with E-state index in [0.717, 1.165) is 25.2 Å². The molecule has 0 spiro atoms. The summed E-state index contributed by atoms with van der Waals surface area (Å²) in [4.78, 5) is 0. The zero-order valence-corrected chi connectivity index (χ0v) is 12.9. The average molecular weight is 275 g/mol. The number of hydrogen-bond donors (Lipinski definition) is 1. The zero-order chi connectivity index (χ0) is 14.5. The molecule has 0 bridgehead atoms. The van der Waals surface area contributed by atoms with Crippen molar-refractivity contribution in [2.45, 2.75) is 59.2 Å². The Morgan fingerprint density at radius 2 is 1.90 bits per heavy atom. The average Bonchev–Trinajstić information content (AvgIpc) is 3.12. The number of rotatable bonds is 7. The van der Waals surface area contributed by atoms with E-state index in [9.17, 15) is 0 Å². The van der Waals surface area contributed by atoms with Crippen LogP contribution in [0.2, 0.25) is 0 Å². The van der Waals surface area contributed by atoms with Crippen molar-refractivity contribution in [3.63, 3.8) is 0 Å². The highest BCUT2D eigenvalue weighted by molar-refractivity contribution is 5.33. The lowest BCUT2D eigenvalue weighted by Crippen LogP contribution is -2.13. The Kier molecular flexibility index (Phi) is 4.82. The normalized spacial score (nSPS) is 14.2. The van der Waals surface area contributed by atoms with E-state index in [1.165, 1.54) is 5.69 Å². The van der Waals surface area contributed by atoms with Crippen LogP contribution in [0.4, 0.5) is 5.82 Å². The monoisotopic (exact) mass is 275 g/mol. The molecule has 0 unspecified atom stereocenters. The number of anilines is 1. The number of aromatic nitrogens is 4. The highest BCUT2D eigenvalue weighted by Gasteiger charge is 2.09. The Hall–Kier alpha value is -1.78. The highest BCUT2D eigenvalue weighted by atomic mass is 15.3. The van der Waals surface area contributed by atoms with Crippen LogP contribution in [0.1, 0.15) is 58.3 Å². The molecule has 0 amide bonds. The molecule has 5 nitrogen and oxygen atoms in total. The minimum absolute atomic E-state index is 0.430. The van der Waals surface area contributed by atoms with Gasteiger partial charge >= 0.3 is 0 Å². The summed E-state index contributed by atoms with van der Waals surface area (Å²) in [5.74, 6) is 0.919. The van der Waals surface area contributed by atoms with Crippen molar-refractivity contribution in [3.05, 3.63) is 30.2 Å². The zero-order valence-electron chi connectivity index (χ0n) is 12.9. The first-order valence-electron chi connectivity index (χ1n) is 7.47. The van der Waals surface area contributed by atoms with E-state index in [4.69, 9.17) is 0 Å². The molecule has 2 rings (SSSR count). The van der Waals surface area contributed by atoms with Gasteiger partial charge in [-0.05, 0) is 32.8 Å². The standard InChI is InChI=1S/C15H25N5/c1-5-12(3)19-10-8-15(18-19)16-11-14-7-9-17-20(14)13(4)6-2/h7-10,12-13H,5-6,11H2,1-4H3,(H,16,18)/t12-,13-/m1/s1. The second-order valence-electron chi connectivity index (χ2n) is 5.32. The molecular weight excluding hydrogens is 250 g/mol. The minimum atomic E-state index is 0.430. The predicted octanol–water partition coefficient (Wildman–Crippen LogP) is 3.63. The molecule has 0 aliphatic carbocycles. The Balaban J connectivity index is 1.99. The van der Waals surface area contributed by atoms with Crippen LogP contribution in [0.3, 0.4) is 0 Å². The van der Waals surface area contributed by atoms with Gasteiger partial charge in [0.05, 0.1) is 12.2 Å². The third-order valence-corrected chi connectivity index (χ3v) is 3.86. The molecule has 0 radical (unpaired) electrons. The predicted molar refractivity (Wildman–Crippen MR) is 81.8 cm³/mol. The van der Waals surface area contributed by atoms with Gasteiger partial charge < -0.3 is 5.32 Å². The molecule has 20 heavy (non-hydrogen) atoms. The maximum atomic E-state index is 4.55. The molecule has 2 atom stereocenters. The summed E-state index contributed by atoms with van der Waals surface area (Å²) in [6.07, 6.45) is 6.06. The third kappa shape index (κ3) is 3.21. The lowest BCUT2D eigenvalue weighted by Gasteiger charge is -2.14. The van der Waals surface area contributed by atoms with Crippen molar-refractivity contribution >= 4 is 5.82 Å². The lowest BCUT2D eigenvalue weighted by molar-refractivity contribution is 0.462. The van der Waals surface area contributed by atoms with Crippen molar-refractivity contribution in [2.24, 2.45) is 0 Å². The maximum Gasteiger partial charge on any atom is 0.148 e. The second-order valence-corrected chi connectivity index (χ2v) is 5.32. The van der Waals surface area contributed by atoms with Gasteiger partial charge in [-0.15, -0.1) is 0 Å². The fourth-order valence-electron chi connectivity index (χ4n) is 2.10. The maximum absolute atomic E-state index is 4.55. The largest absolute Gasteiger partial charge is 0.363 e. The first-order chi connectivity index (χ1) is 9.65. The van der Waals surface area contributed by atoms with E-state index in [2.05, 4.69) is 54.0 Å². The van der Waals surface area contributed by atoms with Crippen LogP contribution in [0.15, 0.2) is 24.5 Å². The minimum Gasteiger partial charge on any atom is -0.363 e. The molecule has 0 aromatic carbocycles. The molecular formula is C15H25N5. The van der Waals surface area contributed by atoms with Crippen molar-refractivity contribution in [2.75, 3.05) is 5.32 Å². The van der Waals surface area contributed by atoms with Crippen LogP contribution in [0.25, 0.3) is 0 Å². The molecule has 0 aliphatic rings. The second kappa shape index (κ2) is 6.59. The highest BCUT2D eigenvalue weighted by Crippen LogP contribution is 2.15. The summed E-state index contributed by atoms with van der Waals surface area (Å²) in [5, 5.41) is 12.3. The summed E-state index contributed by atoms with van der Waals surface area (Å²) < 4.78 is 4.09. The molecule has 0 aliphatic heterocycles. The Morgan fingerprint density at radius 3 is 2.60 bits per heavy atom. The van der Waals surface area contributed by atoms with Gasteiger partial charge in [0.15, 0.2) is 0 Å². The van der Waals surface area contributed by atoms with Gasteiger partial charge in [0.25, 0.3) is 0 Å². The fraction of sp³-hybridized carbons (Fsp3) is 0.600. The number of nitrogens with zero attached hydrogens (tertiary/aromatic N) is 4. The Morgan fingerprint density at radius 1 is 1.15 bits per heavy atom. The molecule has 5 heteroatoms. The first-order valence-corrected chi connectivity index (χ1v) is 7.47. The number of hydrogen-bond acceptors (Lipinski definition) is 3. The summed E-state index contributed by atoms with van der Waals surface area (Å²) in [6.45, 7) is 9.46. The topological polar surface area (TPSA) is 47.7 Å². The molecule has 110 valence electrons. The smallest absolute Gasteiger partial charge is 0.148 e. The van der Waals surface area contributed by atoms with Crippen LogP contribution in [0.5, 0.6) is 0 Å². The molecule has 0 fully saturated rings. The van der Waals surface area contributed by atoms with Crippen LogP contribution < -0.4 is 5.32 Å². The van der Waals surface area contributed by atoms with Crippen molar-refractivity contribution < 1.29 is 0 Å². The van der Waals surface area contributed by atoms with Crippen LogP contribution in [-0.4, -0.2) is 19.6 Å². The summed E-state index contributed by atoms with van der Waals surface area (Å²) >= 11 is 0. The quantitative estimate of drug-likeness (QED) is 0.839. The van der Waals surface area contributed by atoms with Gasteiger partial charge in [-0.25, -0.2) is 0 Å².